The maximum Gasteiger partial charge on any atom is 0.429 e. The molecule has 0 aliphatic rings. The molecule has 24 heavy (non-hydrogen) atoms. The van der Waals surface area contributed by atoms with Gasteiger partial charge in [0.05, 0.1) is 5.52 Å². The highest BCUT2D eigenvalue weighted by atomic mass is 35.5. The van der Waals surface area contributed by atoms with E-state index >= 15 is 0 Å². The Hall–Kier alpha value is -2.34. The fourth-order valence-electron chi connectivity index (χ4n) is 2.24. The number of halogens is 4. The number of benzene rings is 1. The molecule has 0 bridgehead atoms. The first-order valence-electron chi connectivity index (χ1n) is 7.06. The summed E-state index contributed by atoms with van der Waals surface area (Å²) in [5.74, 6) is -0.127. The molecule has 3 nitrogen and oxygen atoms in total. The second kappa shape index (κ2) is 6.28. The van der Waals surface area contributed by atoms with Crippen LogP contribution in [-0.2, 0) is 0 Å². The van der Waals surface area contributed by atoms with Gasteiger partial charge >= 0.3 is 6.18 Å². The maximum absolute atomic E-state index is 13.4. The van der Waals surface area contributed by atoms with E-state index in [4.69, 9.17) is 16.3 Å². The summed E-state index contributed by atoms with van der Waals surface area (Å²) in [6, 6.07) is 11.2. The van der Waals surface area contributed by atoms with Gasteiger partial charge in [0.2, 0.25) is 6.10 Å². The van der Waals surface area contributed by atoms with Crippen LogP contribution < -0.4 is 4.74 Å². The summed E-state index contributed by atoms with van der Waals surface area (Å²) in [6.45, 7) is 1.69. The SMILES string of the molecule is Cc1ccc(C(Oc2cc3ccccc3nc2Cl)C(F)(F)F)cn1. The van der Waals surface area contributed by atoms with Gasteiger partial charge in [-0.2, -0.15) is 13.2 Å². The van der Waals surface area contributed by atoms with Crippen molar-refractivity contribution in [3.8, 4) is 5.75 Å². The first kappa shape index (κ1) is 16.5. The summed E-state index contributed by atoms with van der Waals surface area (Å²) in [7, 11) is 0. The van der Waals surface area contributed by atoms with Crippen LogP contribution in [0, 0.1) is 6.92 Å². The van der Waals surface area contributed by atoms with Crippen LogP contribution in [0.15, 0.2) is 48.7 Å². The Kier molecular flexibility index (Phi) is 4.32. The molecular weight excluding hydrogens is 341 g/mol. The Morgan fingerprint density at radius 1 is 1.12 bits per heavy atom. The molecule has 3 aromatic rings. The predicted octanol–water partition coefficient (Wildman–Crippen LogP) is 5.27. The molecule has 0 spiro atoms. The Morgan fingerprint density at radius 2 is 1.88 bits per heavy atom. The molecule has 2 heterocycles. The van der Waals surface area contributed by atoms with E-state index in [0.717, 1.165) is 6.20 Å². The van der Waals surface area contributed by atoms with Crippen molar-refractivity contribution in [1.29, 1.82) is 0 Å². The van der Waals surface area contributed by atoms with Crippen LogP contribution in [0.2, 0.25) is 5.15 Å². The summed E-state index contributed by atoms with van der Waals surface area (Å²) in [5.41, 5.74) is 1.10. The van der Waals surface area contributed by atoms with Crippen LogP contribution in [0.25, 0.3) is 10.9 Å². The molecule has 1 atom stereocenters. The van der Waals surface area contributed by atoms with Crippen molar-refractivity contribution < 1.29 is 17.9 Å². The Bertz CT molecular complexity index is 866. The minimum Gasteiger partial charge on any atom is -0.473 e. The number of hydrogen-bond acceptors (Lipinski definition) is 3. The zero-order chi connectivity index (χ0) is 17.3. The van der Waals surface area contributed by atoms with Crippen LogP contribution in [0.1, 0.15) is 17.4 Å². The lowest BCUT2D eigenvalue weighted by Crippen LogP contribution is -2.26. The molecular formula is C17H12ClF3N2O. The van der Waals surface area contributed by atoms with Gasteiger partial charge in [-0.05, 0) is 25.1 Å². The number of pyridine rings is 2. The zero-order valence-electron chi connectivity index (χ0n) is 12.5. The Balaban J connectivity index is 2.01. The van der Waals surface area contributed by atoms with Gasteiger partial charge in [-0.1, -0.05) is 35.9 Å². The number of hydrogen-bond donors (Lipinski definition) is 0. The Morgan fingerprint density at radius 3 is 2.54 bits per heavy atom. The van der Waals surface area contributed by atoms with Crippen LogP contribution >= 0.6 is 11.6 Å². The van der Waals surface area contributed by atoms with Crippen molar-refractivity contribution in [2.24, 2.45) is 0 Å². The first-order chi connectivity index (χ1) is 11.3. The van der Waals surface area contributed by atoms with Crippen LogP contribution in [0.3, 0.4) is 0 Å². The van der Waals surface area contributed by atoms with Crippen molar-refractivity contribution in [3.05, 3.63) is 65.1 Å². The number of para-hydroxylation sites is 1. The minimum atomic E-state index is -4.62. The summed E-state index contributed by atoms with van der Waals surface area (Å²) >= 11 is 5.99. The third-order valence-corrected chi connectivity index (χ3v) is 3.70. The lowest BCUT2D eigenvalue weighted by Gasteiger charge is -2.22. The molecule has 0 saturated carbocycles. The van der Waals surface area contributed by atoms with Crippen molar-refractivity contribution in [2.45, 2.75) is 19.2 Å². The molecule has 7 heteroatoms. The van der Waals surface area contributed by atoms with Crippen LogP contribution in [-0.4, -0.2) is 16.1 Å². The molecule has 124 valence electrons. The second-order valence-electron chi connectivity index (χ2n) is 5.24. The summed E-state index contributed by atoms with van der Waals surface area (Å²) in [4.78, 5) is 7.97. The van der Waals surface area contributed by atoms with Crippen molar-refractivity contribution >= 4 is 22.5 Å². The van der Waals surface area contributed by atoms with Gasteiger partial charge in [-0.25, -0.2) is 4.98 Å². The lowest BCUT2D eigenvalue weighted by atomic mass is 10.1. The van der Waals surface area contributed by atoms with Gasteiger partial charge in [0.15, 0.2) is 10.9 Å². The third-order valence-electron chi connectivity index (χ3n) is 3.42. The molecule has 0 aliphatic carbocycles. The number of aryl methyl sites for hydroxylation is 1. The number of fused-ring (bicyclic) bond motifs is 1. The highest BCUT2D eigenvalue weighted by Gasteiger charge is 2.43. The zero-order valence-corrected chi connectivity index (χ0v) is 13.3. The summed E-state index contributed by atoms with van der Waals surface area (Å²) in [5, 5.41) is 0.517. The van der Waals surface area contributed by atoms with E-state index in [1.807, 2.05) is 0 Å². The van der Waals surface area contributed by atoms with Gasteiger partial charge in [0.25, 0.3) is 0 Å². The molecule has 2 aromatic heterocycles. The van der Waals surface area contributed by atoms with E-state index in [1.165, 1.54) is 18.2 Å². The first-order valence-corrected chi connectivity index (χ1v) is 7.43. The fourth-order valence-corrected chi connectivity index (χ4v) is 2.43. The largest absolute Gasteiger partial charge is 0.473 e. The van der Waals surface area contributed by atoms with E-state index in [2.05, 4.69) is 9.97 Å². The maximum atomic E-state index is 13.4. The average molecular weight is 353 g/mol. The molecule has 0 aliphatic heterocycles. The smallest absolute Gasteiger partial charge is 0.429 e. The molecule has 0 amide bonds. The molecule has 1 aromatic carbocycles. The highest BCUT2D eigenvalue weighted by Crippen LogP contribution is 2.39. The predicted molar refractivity (Wildman–Crippen MR) is 85.2 cm³/mol. The van der Waals surface area contributed by atoms with E-state index < -0.39 is 12.3 Å². The number of alkyl halides is 3. The van der Waals surface area contributed by atoms with Gasteiger partial charge in [0.1, 0.15) is 0 Å². The van der Waals surface area contributed by atoms with E-state index in [1.54, 1.807) is 31.2 Å². The van der Waals surface area contributed by atoms with Gasteiger partial charge in [0, 0.05) is 22.8 Å². The normalized spacial score (nSPS) is 13.0. The standard InChI is InChI=1S/C17H12ClF3N2O/c1-10-6-7-12(9-22-10)15(17(19,20)21)24-14-8-11-4-2-3-5-13(11)23-16(14)18/h2-9,15H,1H3. The molecule has 0 N–H and O–H groups in total. The monoisotopic (exact) mass is 352 g/mol. The fraction of sp³-hybridized carbons (Fsp3) is 0.176. The van der Waals surface area contributed by atoms with E-state index in [0.29, 0.717) is 16.6 Å². The van der Waals surface area contributed by atoms with Crippen LogP contribution in [0.5, 0.6) is 5.75 Å². The summed E-state index contributed by atoms with van der Waals surface area (Å²) in [6.07, 6.45) is -5.65. The third kappa shape index (κ3) is 3.43. The van der Waals surface area contributed by atoms with Crippen molar-refractivity contribution in [2.75, 3.05) is 0 Å². The van der Waals surface area contributed by atoms with Crippen LogP contribution in [0.4, 0.5) is 13.2 Å². The average Bonchev–Trinajstić information content (AvgIpc) is 2.53. The molecule has 0 radical (unpaired) electrons. The van der Waals surface area contributed by atoms with Gasteiger partial charge < -0.3 is 4.74 Å². The minimum absolute atomic E-state index is 0.0997. The molecule has 3 rings (SSSR count). The van der Waals surface area contributed by atoms with Gasteiger partial charge in [-0.3, -0.25) is 4.98 Å². The number of nitrogens with zero attached hydrogens (tertiary/aromatic N) is 2. The Labute approximate surface area is 141 Å². The summed E-state index contributed by atoms with van der Waals surface area (Å²) < 4.78 is 45.4. The highest BCUT2D eigenvalue weighted by molar-refractivity contribution is 6.31. The lowest BCUT2D eigenvalue weighted by molar-refractivity contribution is -0.198. The van der Waals surface area contributed by atoms with E-state index in [-0.39, 0.29) is 16.5 Å². The molecule has 1 unspecified atom stereocenters. The quantitative estimate of drug-likeness (QED) is 0.602. The number of rotatable bonds is 3. The topological polar surface area (TPSA) is 35.0 Å². The number of ether oxygens (including phenoxy) is 1. The van der Waals surface area contributed by atoms with Gasteiger partial charge in [-0.15, -0.1) is 0 Å². The molecule has 0 saturated heterocycles. The van der Waals surface area contributed by atoms with E-state index in [9.17, 15) is 13.2 Å². The van der Waals surface area contributed by atoms with Crippen molar-refractivity contribution in [3.63, 3.8) is 0 Å². The van der Waals surface area contributed by atoms with Crippen molar-refractivity contribution in [1.82, 2.24) is 9.97 Å². The molecule has 0 fully saturated rings. The number of aromatic nitrogens is 2. The second-order valence-corrected chi connectivity index (χ2v) is 5.60.